The molecule has 2 saturated heterocycles. The summed E-state index contributed by atoms with van der Waals surface area (Å²) in [7, 11) is -3.06. The van der Waals surface area contributed by atoms with E-state index in [0.29, 0.717) is 11.7 Å². The summed E-state index contributed by atoms with van der Waals surface area (Å²) >= 11 is 0. The Morgan fingerprint density at radius 1 is 0.947 bits per heavy atom. The maximum absolute atomic E-state index is 12.7. The van der Waals surface area contributed by atoms with Crippen molar-refractivity contribution in [3.8, 4) is 0 Å². The van der Waals surface area contributed by atoms with Crippen molar-refractivity contribution in [2.75, 3.05) is 5.75 Å². The number of fused-ring (bicyclic) bond motifs is 2. The molecule has 2 bridgehead atoms. The molecule has 0 amide bonds. The average molecular weight is 286 g/mol. The van der Waals surface area contributed by atoms with Crippen LogP contribution in [0.3, 0.4) is 0 Å². The predicted molar refractivity (Wildman–Crippen MR) is 76.2 cm³/mol. The van der Waals surface area contributed by atoms with Crippen molar-refractivity contribution in [2.24, 2.45) is 11.7 Å². The monoisotopic (exact) mass is 286 g/mol. The SMILES string of the molecule is NC1CC2CCC(C1)N2S(=O)(=O)CC1CCCCC1. The van der Waals surface area contributed by atoms with Gasteiger partial charge < -0.3 is 5.73 Å². The van der Waals surface area contributed by atoms with Crippen LogP contribution in [0.1, 0.15) is 57.8 Å². The minimum atomic E-state index is -3.06. The highest BCUT2D eigenvalue weighted by Gasteiger charge is 2.46. The zero-order chi connectivity index (χ0) is 13.5. The summed E-state index contributed by atoms with van der Waals surface area (Å²) in [4.78, 5) is 0. The molecule has 3 aliphatic rings. The molecular formula is C14H26N2O2S. The van der Waals surface area contributed by atoms with E-state index in [1.54, 1.807) is 0 Å². The summed E-state index contributed by atoms with van der Waals surface area (Å²) in [5, 5.41) is 0. The molecule has 0 aromatic rings. The number of hydrogen-bond donors (Lipinski definition) is 1. The third kappa shape index (κ3) is 2.83. The first-order valence-electron chi connectivity index (χ1n) is 7.83. The predicted octanol–water partition coefficient (Wildman–Crippen LogP) is 1.85. The van der Waals surface area contributed by atoms with E-state index in [2.05, 4.69) is 0 Å². The van der Waals surface area contributed by atoms with Gasteiger partial charge in [0, 0.05) is 18.1 Å². The van der Waals surface area contributed by atoms with Crippen LogP contribution in [-0.4, -0.2) is 36.6 Å². The Morgan fingerprint density at radius 2 is 1.53 bits per heavy atom. The lowest BCUT2D eigenvalue weighted by atomic mass is 9.91. The van der Waals surface area contributed by atoms with E-state index in [4.69, 9.17) is 5.73 Å². The third-order valence-electron chi connectivity index (χ3n) is 5.19. The Morgan fingerprint density at radius 3 is 2.11 bits per heavy atom. The van der Waals surface area contributed by atoms with E-state index in [1.807, 2.05) is 4.31 Å². The lowest BCUT2D eigenvalue weighted by Crippen LogP contribution is -2.51. The molecule has 4 nitrogen and oxygen atoms in total. The molecule has 5 heteroatoms. The third-order valence-corrected chi connectivity index (χ3v) is 7.33. The average Bonchev–Trinajstić information content (AvgIpc) is 2.64. The van der Waals surface area contributed by atoms with Crippen molar-refractivity contribution in [3.63, 3.8) is 0 Å². The Balaban J connectivity index is 1.70. The molecule has 3 fully saturated rings. The van der Waals surface area contributed by atoms with Crippen LogP contribution >= 0.6 is 0 Å². The molecule has 1 aliphatic carbocycles. The second-order valence-electron chi connectivity index (χ2n) is 6.73. The highest BCUT2D eigenvalue weighted by Crippen LogP contribution is 2.38. The number of nitrogens with zero attached hydrogens (tertiary/aromatic N) is 1. The Bertz CT molecular complexity index is 403. The Kier molecular flexibility index (Phi) is 3.89. The van der Waals surface area contributed by atoms with Crippen LogP contribution < -0.4 is 5.73 Å². The van der Waals surface area contributed by atoms with E-state index in [1.165, 1.54) is 19.3 Å². The van der Waals surface area contributed by atoms with E-state index in [-0.39, 0.29) is 18.1 Å². The van der Waals surface area contributed by atoms with Crippen molar-refractivity contribution < 1.29 is 8.42 Å². The van der Waals surface area contributed by atoms with E-state index in [0.717, 1.165) is 38.5 Å². The molecule has 2 atom stereocenters. The standard InChI is InChI=1S/C14H26N2O2S/c15-12-8-13-6-7-14(9-12)16(13)19(17,18)10-11-4-2-1-3-5-11/h11-14H,1-10,15H2. The fourth-order valence-corrected chi connectivity index (χ4v) is 6.76. The zero-order valence-corrected chi connectivity index (χ0v) is 12.4. The van der Waals surface area contributed by atoms with Crippen molar-refractivity contribution in [1.82, 2.24) is 4.31 Å². The largest absolute Gasteiger partial charge is 0.328 e. The summed E-state index contributed by atoms with van der Waals surface area (Å²) in [6, 6.07) is 0.600. The molecule has 3 rings (SSSR count). The molecule has 19 heavy (non-hydrogen) atoms. The smallest absolute Gasteiger partial charge is 0.214 e. The van der Waals surface area contributed by atoms with Crippen LogP contribution in [0, 0.1) is 5.92 Å². The van der Waals surface area contributed by atoms with Crippen LogP contribution in [0.25, 0.3) is 0 Å². The molecule has 0 aromatic heterocycles. The van der Waals surface area contributed by atoms with Gasteiger partial charge in [-0.25, -0.2) is 8.42 Å². The van der Waals surface area contributed by atoms with E-state index >= 15 is 0 Å². The van der Waals surface area contributed by atoms with Crippen LogP contribution in [0.5, 0.6) is 0 Å². The molecule has 2 heterocycles. The number of nitrogens with two attached hydrogens (primary N) is 1. The number of rotatable bonds is 3. The second kappa shape index (κ2) is 5.34. The van der Waals surface area contributed by atoms with Gasteiger partial charge in [-0.05, 0) is 44.4 Å². The van der Waals surface area contributed by atoms with Gasteiger partial charge >= 0.3 is 0 Å². The van der Waals surface area contributed by atoms with Gasteiger partial charge in [0.1, 0.15) is 0 Å². The second-order valence-corrected chi connectivity index (χ2v) is 8.65. The highest BCUT2D eigenvalue weighted by atomic mass is 32.2. The molecule has 2 N–H and O–H groups in total. The van der Waals surface area contributed by atoms with Crippen LogP contribution in [0.2, 0.25) is 0 Å². The highest BCUT2D eigenvalue weighted by molar-refractivity contribution is 7.89. The van der Waals surface area contributed by atoms with Crippen molar-refractivity contribution in [1.29, 1.82) is 0 Å². The Labute approximate surface area is 116 Å². The Hall–Kier alpha value is -0.130. The van der Waals surface area contributed by atoms with Crippen molar-refractivity contribution in [3.05, 3.63) is 0 Å². The summed E-state index contributed by atoms with van der Waals surface area (Å²) in [6.45, 7) is 0. The molecule has 0 aromatic carbocycles. The molecule has 0 spiro atoms. The number of sulfonamides is 1. The number of hydrogen-bond acceptors (Lipinski definition) is 3. The van der Waals surface area contributed by atoms with E-state index < -0.39 is 10.0 Å². The van der Waals surface area contributed by atoms with Gasteiger partial charge in [-0.3, -0.25) is 0 Å². The molecule has 0 radical (unpaired) electrons. The van der Waals surface area contributed by atoms with Crippen LogP contribution in [0.4, 0.5) is 0 Å². The molecular weight excluding hydrogens is 260 g/mol. The van der Waals surface area contributed by atoms with Gasteiger partial charge in [0.15, 0.2) is 0 Å². The minimum absolute atomic E-state index is 0.197. The first-order chi connectivity index (χ1) is 9.06. The summed E-state index contributed by atoms with van der Waals surface area (Å²) < 4.78 is 27.3. The lowest BCUT2D eigenvalue weighted by molar-refractivity contribution is 0.225. The summed E-state index contributed by atoms with van der Waals surface area (Å²) in [5.41, 5.74) is 6.02. The minimum Gasteiger partial charge on any atom is -0.328 e. The first kappa shape index (κ1) is 13.8. The summed E-state index contributed by atoms with van der Waals surface area (Å²) in [6.07, 6.45) is 9.64. The maximum atomic E-state index is 12.7. The normalized spacial score (nSPS) is 37.6. The topological polar surface area (TPSA) is 63.4 Å². The van der Waals surface area contributed by atoms with Gasteiger partial charge in [-0.15, -0.1) is 0 Å². The first-order valence-corrected chi connectivity index (χ1v) is 9.44. The van der Waals surface area contributed by atoms with Crippen LogP contribution in [0.15, 0.2) is 0 Å². The zero-order valence-electron chi connectivity index (χ0n) is 11.6. The van der Waals surface area contributed by atoms with Gasteiger partial charge in [0.2, 0.25) is 10.0 Å². The van der Waals surface area contributed by atoms with Gasteiger partial charge in [0.05, 0.1) is 5.75 Å². The quantitative estimate of drug-likeness (QED) is 0.861. The molecule has 2 unspecified atom stereocenters. The molecule has 110 valence electrons. The fraction of sp³-hybridized carbons (Fsp3) is 1.00. The van der Waals surface area contributed by atoms with Crippen LogP contribution in [-0.2, 0) is 10.0 Å². The van der Waals surface area contributed by atoms with E-state index in [9.17, 15) is 8.42 Å². The molecule has 1 saturated carbocycles. The summed E-state index contributed by atoms with van der Waals surface area (Å²) in [5.74, 6) is 0.781. The van der Waals surface area contributed by atoms with Gasteiger partial charge in [-0.2, -0.15) is 4.31 Å². The maximum Gasteiger partial charge on any atom is 0.214 e. The molecule has 2 aliphatic heterocycles. The fourth-order valence-electron chi connectivity index (χ4n) is 4.37. The lowest BCUT2D eigenvalue weighted by Gasteiger charge is -2.37. The number of piperidine rings is 1. The van der Waals surface area contributed by atoms with Crippen molar-refractivity contribution >= 4 is 10.0 Å². The van der Waals surface area contributed by atoms with Crippen molar-refractivity contribution in [2.45, 2.75) is 75.9 Å². The van der Waals surface area contributed by atoms with Gasteiger partial charge in [-0.1, -0.05) is 19.3 Å². The van der Waals surface area contributed by atoms with Gasteiger partial charge in [0.25, 0.3) is 0 Å².